The van der Waals surface area contributed by atoms with E-state index in [1.807, 2.05) is 48.5 Å². The monoisotopic (exact) mass is 465 g/mol. The van der Waals surface area contributed by atoms with E-state index in [9.17, 15) is 18.0 Å². The van der Waals surface area contributed by atoms with E-state index in [4.69, 9.17) is 4.74 Å². The molecule has 0 heterocycles. The van der Waals surface area contributed by atoms with Crippen molar-refractivity contribution < 1.29 is 22.7 Å². The van der Waals surface area contributed by atoms with E-state index in [1.54, 1.807) is 12.1 Å². The second kappa shape index (κ2) is 9.96. The number of carbonyl (C=O) groups is 1. The summed E-state index contributed by atoms with van der Waals surface area (Å²) in [6, 6.07) is 32.2. The van der Waals surface area contributed by atoms with Crippen LogP contribution < -0.4 is 0 Å². The first-order valence-electron chi connectivity index (χ1n) is 10.2. The highest BCUT2D eigenvalue weighted by atomic mass is 32.2. The molecule has 4 rings (SSSR count). The highest BCUT2D eigenvalue weighted by Crippen LogP contribution is 2.31. The van der Waals surface area contributed by atoms with E-state index in [0.29, 0.717) is 11.1 Å². The smallest absolute Gasteiger partial charge is 0.416 e. The summed E-state index contributed by atoms with van der Waals surface area (Å²) >= 11 is 0. The van der Waals surface area contributed by atoms with Crippen LogP contribution in [0.4, 0.5) is 13.2 Å². The highest BCUT2D eigenvalue weighted by Gasteiger charge is 2.30. The van der Waals surface area contributed by atoms with E-state index in [2.05, 4.69) is 24.3 Å². The van der Waals surface area contributed by atoms with Gasteiger partial charge >= 0.3 is 12.1 Å². The maximum atomic E-state index is 12.7. The standard InChI is InChI=1S/C27H20F3O2S/c28-27(29,30)22-15-11-20(12-16-22)19-32-26(31)21-13-17-25(18-14-21)33(23-7-3-1-4-8-23)24-9-5-2-6-10-24/h1-18H,19H2/q+1. The molecular formula is C27H20F3O2S+. The van der Waals surface area contributed by atoms with Crippen molar-refractivity contribution >= 4 is 16.9 Å². The molecule has 166 valence electrons. The molecule has 0 N–H and O–H groups in total. The minimum atomic E-state index is -4.39. The third-order valence-corrected chi connectivity index (χ3v) is 7.17. The van der Waals surface area contributed by atoms with Crippen LogP contribution in [0.3, 0.4) is 0 Å². The van der Waals surface area contributed by atoms with Gasteiger partial charge in [0, 0.05) is 0 Å². The van der Waals surface area contributed by atoms with Gasteiger partial charge in [-0.25, -0.2) is 4.79 Å². The van der Waals surface area contributed by atoms with Crippen LogP contribution in [0.2, 0.25) is 0 Å². The van der Waals surface area contributed by atoms with Gasteiger partial charge in [0.2, 0.25) is 0 Å². The number of halogens is 3. The number of hydrogen-bond donors (Lipinski definition) is 0. The van der Waals surface area contributed by atoms with Crippen LogP contribution in [0, 0.1) is 0 Å². The molecule has 0 aliphatic rings. The van der Waals surface area contributed by atoms with Crippen LogP contribution in [0.1, 0.15) is 21.5 Å². The zero-order chi connectivity index (χ0) is 23.3. The van der Waals surface area contributed by atoms with Gasteiger partial charge < -0.3 is 4.74 Å². The molecule has 6 heteroatoms. The molecular weight excluding hydrogens is 445 g/mol. The Morgan fingerprint density at radius 3 is 1.64 bits per heavy atom. The third kappa shape index (κ3) is 5.65. The summed E-state index contributed by atoms with van der Waals surface area (Å²) in [7, 11) is -0.323. The summed E-state index contributed by atoms with van der Waals surface area (Å²) in [5.41, 5.74) is 0.137. The molecule has 33 heavy (non-hydrogen) atoms. The molecule has 0 fully saturated rings. The predicted molar refractivity (Wildman–Crippen MR) is 122 cm³/mol. The molecule has 4 aromatic rings. The zero-order valence-corrected chi connectivity index (χ0v) is 18.3. The Hall–Kier alpha value is -3.51. The summed E-state index contributed by atoms with van der Waals surface area (Å²) in [6.07, 6.45) is -4.39. The molecule has 0 unspecified atom stereocenters. The normalized spacial score (nSPS) is 11.4. The average molecular weight is 466 g/mol. The first-order chi connectivity index (χ1) is 15.9. The molecule has 4 aromatic carbocycles. The fraction of sp³-hybridized carbons (Fsp3) is 0.0741. The van der Waals surface area contributed by atoms with Crippen molar-refractivity contribution in [3.8, 4) is 0 Å². The van der Waals surface area contributed by atoms with Crippen LogP contribution >= 0.6 is 0 Å². The Morgan fingerprint density at radius 1 is 0.667 bits per heavy atom. The number of carbonyl (C=O) groups excluding carboxylic acids is 1. The first-order valence-corrected chi connectivity index (χ1v) is 11.4. The number of esters is 1. The SMILES string of the molecule is O=C(OCc1ccc(C(F)(F)F)cc1)c1ccc([S+](c2ccccc2)c2ccccc2)cc1. The lowest BCUT2D eigenvalue weighted by atomic mass is 10.1. The van der Waals surface area contributed by atoms with E-state index in [-0.39, 0.29) is 17.5 Å². The van der Waals surface area contributed by atoms with Crippen molar-refractivity contribution in [1.82, 2.24) is 0 Å². The zero-order valence-electron chi connectivity index (χ0n) is 17.5. The quantitative estimate of drug-likeness (QED) is 0.223. The van der Waals surface area contributed by atoms with Crippen LogP contribution in [0.25, 0.3) is 0 Å². The number of ether oxygens (including phenoxy) is 1. The molecule has 0 amide bonds. The lowest BCUT2D eigenvalue weighted by Gasteiger charge is -2.10. The highest BCUT2D eigenvalue weighted by molar-refractivity contribution is 7.97. The van der Waals surface area contributed by atoms with Crippen LogP contribution in [-0.2, 0) is 28.4 Å². The van der Waals surface area contributed by atoms with Gasteiger partial charge in [-0.1, -0.05) is 48.5 Å². The second-order valence-electron chi connectivity index (χ2n) is 7.23. The number of rotatable bonds is 6. The molecule has 2 nitrogen and oxygen atoms in total. The van der Waals surface area contributed by atoms with Crippen LogP contribution in [0.15, 0.2) is 124 Å². The van der Waals surface area contributed by atoms with Crippen LogP contribution in [0.5, 0.6) is 0 Å². The molecule has 0 radical (unpaired) electrons. The predicted octanol–water partition coefficient (Wildman–Crippen LogP) is 7.16. The maximum Gasteiger partial charge on any atom is 0.416 e. The number of benzene rings is 4. The molecule has 0 aliphatic carbocycles. The maximum absolute atomic E-state index is 12.7. The summed E-state index contributed by atoms with van der Waals surface area (Å²) in [5, 5.41) is 0. The molecule has 0 bridgehead atoms. The van der Waals surface area contributed by atoms with Crippen molar-refractivity contribution in [1.29, 1.82) is 0 Å². The topological polar surface area (TPSA) is 26.3 Å². The lowest BCUT2D eigenvalue weighted by Crippen LogP contribution is -2.08. The summed E-state index contributed by atoms with van der Waals surface area (Å²) in [4.78, 5) is 15.9. The van der Waals surface area contributed by atoms with E-state index in [0.717, 1.165) is 17.0 Å². The molecule has 0 spiro atoms. The molecule has 0 aliphatic heterocycles. The van der Waals surface area contributed by atoms with Gasteiger partial charge in [0.25, 0.3) is 0 Å². The Kier molecular flexibility index (Phi) is 6.84. The fourth-order valence-corrected chi connectivity index (χ4v) is 5.35. The summed E-state index contributed by atoms with van der Waals surface area (Å²) in [5.74, 6) is -0.527. The Labute approximate surface area is 193 Å². The van der Waals surface area contributed by atoms with E-state index >= 15 is 0 Å². The molecule has 0 atom stereocenters. The Morgan fingerprint density at radius 2 is 1.15 bits per heavy atom. The lowest BCUT2D eigenvalue weighted by molar-refractivity contribution is -0.137. The van der Waals surface area contributed by atoms with Gasteiger partial charge in [0.05, 0.1) is 22.0 Å². The molecule has 0 saturated heterocycles. The number of hydrogen-bond acceptors (Lipinski definition) is 2. The van der Waals surface area contributed by atoms with Crippen molar-refractivity contribution in [3.05, 3.63) is 126 Å². The van der Waals surface area contributed by atoms with Gasteiger partial charge in [-0.3, -0.25) is 0 Å². The second-order valence-corrected chi connectivity index (χ2v) is 9.25. The Balaban J connectivity index is 1.48. The fourth-order valence-electron chi connectivity index (χ4n) is 3.27. The largest absolute Gasteiger partial charge is 0.457 e. The van der Waals surface area contributed by atoms with E-state index in [1.165, 1.54) is 21.9 Å². The van der Waals surface area contributed by atoms with Crippen LogP contribution in [-0.4, -0.2) is 5.97 Å². The van der Waals surface area contributed by atoms with Crippen molar-refractivity contribution in [2.24, 2.45) is 0 Å². The van der Waals surface area contributed by atoms with Gasteiger partial charge in [0.1, 0.15) is 6.61 Å². The minimum Gasteiger partial charge on any atom is -0.457 e. The average Bonchev–Trinajstić information content (AvgIpc) is 2.84. The van der Waals surface area contributed by atoms with Crippen molar-refractivity contribution in [2.75, 3.05) is 0 Å². The Bertz CT molecular complexity index is 1150. The molecule has 0 aromatic heterocycles. The van der Waals surface area contributed by atoms with Gasteiger partial charge in [-0.15, -0.1) is 0 Å². The van der Waals surface area contributed by atoms with Crippen molar-refractivity contribution in [3.63, 3.8) is 0 Å². The van der Waals surface area contributed by atoms with E-state index < -0.39 is 17.7 Å². The number of alkyl halides is 3. The van der Waals surface area contributed by atoms with Gasteiger partial charge in [-0.05, 0) is 66.2 Å². The summed E-state index contributed by atoms with van der Waals surface area (Å²) < 4.78 is 43.3. The van der Waals surface area contributed by atoms with Gasteiger partial charge in [-0.2, -0.15) is 13.2 Å². The minimum absolute atomic E-state index is 0.100. The summed E-state index contributed by atoms with van der Waals surface area (Å²) in [6.45, 7) is -0.100. The van der Waals surface area contributed by atoms with Crippen molar-refractivity contribution in [2.45, 2.75) is 27.5 Å². The van der Waals surface area contributed by atoms with Gasteiger partial charge in [0.15, 0.2) is 14.7 Å². The third-order valence-electron chi connectivity index (χ3n) is 4.93. The first kappa shape index (κ1) is 22.7. The molecule has 0 saturated carbocycles.